The largest absolute Gasteiger partial charge is 0.350 e. The molecular weight excluding hydrogens is 236 g/mol. The highest BCUT2D eigenvalue weighted by Crippen LogP contribution is 2.11. The van der Waals surface area contributed by atoms with Crippen LogP contribution in [0.4, 0.5) is 8.78 Å². The van der Waals surface area contributed by atoms with Crippen molar-refractivity contribution in [1.29, 1.82) is 0 Å². The van der Waals surface area contributed by atoms with Crippen molar-refractivity contribution in [3.63, 3.8) is 0 Å². The van der Waals surface area contributed by atoms with Gasteiger partial charge in [-0.05, 0) is 18.6 Å². The molecule has 1 unspecified atom stereocenters. The molecule has 0 bridgehead atoms. The van der Waals surface area contributed by atoms with Gasteiger partial charge in [-0.2, -0.15) is 0 Å². The van der Waals surface area contributed by atoms with Gasteiger partial charge in [0.2, 0.25) is 0 Å². The molecular formula is C11H12ClF2NO. The third-order valence-electron chi connectivity index (χ3n) is 2.12. The topological polar surface area (TPSA) is 29.1 Å². The van der Waals surface area contributed by atoms with Crippen LogP contribution in [0.15, 0.2) is 18.2 Å². The van der Waals surface area contributed by atoms with Crippen LogP contribution in [0.25, 0.3) is 0 Å². The molecule has 0 fully saturated rings. The van der Waals surface area contributed by atoms with Crippen molar-refractivity contribution in [1.82, 2.24) is 5.32 Å². The van der Waals surface area contributed by atoms with E-state index in [1.54, 1.807) is 0 Å². The molecule has 0 aliphatic carbocycles. The molecule has 16 heavy (non-hydrogen) atoms. The van der Waals surface area contributed by atoms with E-state index in [9.17, 15) is 13.6 Å². The van der Waals surface area contributed by atoms with Crippen molar-refractivity contribution in [3.05, 3.63) is 35.4 Å². The van der Waals surface area contributed by atoms with Crippen LogP contribution in [0.2, 0.25) is 0 Å². The lowest BCUT2D eigenvalue weighted by molar-refractivity contribution is 0.0948. The average Bonchev–Trinajstić information content (AvgIpc) is 2.29. The summed E-state index contributed by atoms with van der Waals surface area (Å²) in [7, 11) is 0. The Balaban J connectivity index is 2.70. The molecule has 0 saturated heterocycles. The van der Waals surface area contributed by atoms with E-state index in [0.29, 0.717) is 6.42 Å². The van der Waals surface area contributed by atoms with Gasteiger partial charge in [-0.1, -0.05) is 13.0 Å². The molecule has 0 aromatic heterocycles. The lowest BCUT2D eigenvalue weighted by Crippen LogP contribution is -2.30. The summed E-state index contributed by atoms with van der Waals surface area (Å²) in [6.07, 6.45) is 0.688. The van der Waals surface area contributed by atoms with Crippen LogP contribution in [0.3, 0.4) is 0 Å². The second-order valence-corrected chi connectivity index (χ2v) is 3.93. The molecule has 1 aromatic carbocycles. The molecule has 88 valence electrons. The summed E-state index contributed by atoms with van der Waals surface area (Å²) in [4.78, 5) is 11.5. The molecule has 1 N–H and O–H groups in total. The minimum Gasteiger partial charge on any atom is -0.350 e. The molecule has 5 heteroatoms. The van der Waals surface area contributed by atoms with Gasteiger partial charge in [-0.3, -0.25) is 4.79 Å². The van der Waals surface area contributed by atoms with Gasteiger partial charge in [0.15, 0.2) is 11.6 Å². The first-order valence-corrected chi connectivity index (χ1v) is 5.36. The van der Waals surface area contributed by atoms with Crippen molar-refractivity contribution < 1.29 is 13.6 Å². The highest BCUT2D eigenvalue weighted by molar-refractivity contribution is 6.20. The first-order chi connectivity index (χ1) is 7.56. The minimum absolute atomic E-state index is 0.208. The van der Waals surface area contributed by atoms with Gasteiger partial charge in [-0.15, -0.1) is 11.6 Å². The molecule has 2 nitrogen and oxygen atoms in total. The maximum Gasteiger partial charge on any atom is 0.254 e. The third-order valence-corrected chi connectivity index (χ3v) is 2.59. The van der Waals surface area contributed by atoms with Gasteiger partial charge in [-0.25, -0.2) is 8.78 Å². The fraction of sp³-hybridized carbons (Fsp3) is 0.364. The molecule has 0 heterocycles. The fourth-order valence-electron chi connectivity index (χ4n) is 1.12. The SMILES string of the molecule is CCC(Cl)CNC(=O)c1cccc(F)c1F. The van der Waals surface area contributed by atoms with Crippen LogP contribution < -0.4 is 5.32 Å². The van der Waals surface area contributed by atoms with Gasteiger partial charge >= 0.3 is 0 Å². The Morgan fingerprint density at radius 3 is 2.81 bits per heavy atom. The van der Waals surface area contributed by atoms with E-state index >= 15 is 0 Å². The number of hydrogen-bond acceptors (Lipinski definition) is 1. The molecule has 0 aliphatic heterocycles. The number of halogens is 3. The zero-order valence-electron chi connectivity index (χ0n) is 8.77. The fourth-order valence-corrected chi connectivity index (χ4v) is 1.20. The highest BCUT2D eigenvalue weighted by atomic mass is 35.5. The van der Waals surface area contributed by atoms with E-state index in [0.717, 1.165) is 6.07 Å². The van der Waals surface area contributed by atoms with E-state index in [-0.39, 0.29) is 17.5 Å². The predicted octanol–water partition coefficient (Wildman–Crippen LogP) is 2.71. The summed E-state index contributed by atoms with van der Waals surface area (Å²) in [5, 5.41) is 2.23. The van der Waals surface area contributed by atoms with Gasteiger partial charge < -0.3 is 5.32 Å². The lowest BCUT2D eigenvalue weighted by atomic mass is 10.2. The van der Waals surface area contributed by atoms with Gasteiger partial charge in [0.1, 0.15) is 0 Å². The highest BCUT2D eigenvalue weighted by Gasteiger charge is 2.15. The van der Waals surface area contributed by atoms with E-state index in [2.05, 4.69) is 5.32 Å². The van der Waals surface area contributed by atoms with E-state index < -0.39 is 17.5 Å². The number of nitrogens with one attached hydrogen (secondary N) is 1. The average molecular weight is 248 g/mol. The van der Waals surface area contributed by atoms with Crippen molar-refractivity contribution in [3.8, 4) is 0 Å². The van der Waals surface area contributed by atoms with E-state index in [1.807, 2.05) is 6.92 Å². The molecule has 1 amide bonds. The number of carbonyl (C=O) groups excluding carboxylic acids is 1. The van der Waals surface area contributed by atoms with Crippen molar-refractivity contribution in [2.75, 3.05) is 6.54 Å². The van der Waals surface area contributed by atoms with Crippen molar-refractivity contribution >= 4 is 17.5 Å². The zero-order valence-corrected chi connectivity index (χ0v) is 9.52. The monoisotopic (exact) mass is 247 g/mol. The van der Waals surface area contributed by atoms with Gasteiger partial charge in [0.05, 0.1) is 10.9 Å². The Morgan fingerprint density at radius 2 is 2.19 bits per heavy atom. The Kier molecular flexibility index (Phi) is 4.68. The van der Waals surface area contributed by atoms with E-state index in [1.165, 1.54) is 12.1 Å². The van der Waals surface area contributed by atoms with Crippen LogP contribution >= 0.6 is 11.6 Å². The Bertz CT molecular complexity index is 384. The maximum atomic E-state index is 13.2. The summed E-state index contributed by atoms with van der Waals surface area (Å²) >= 11 is 5.79. The molecule has 0 radical (unpaired) electrons. The van der Waals surface area contributed by atoms with Crippen LogP contribution in [-0.4, -0.2) is 17.8 Å². The summed E-state index contributed by atoms with van der Waals surface area (Å²) in [6, 6.07) is 3.47. The Morgan fingerprint density at radius 1 is 1.50 bits per heavy atom. The van der Waals surface area contributed by atoms with Gasteiger partial charge in [0.25, 0.3) is 5.91 Å². The van der Waals surface area contributed by atoms with Crippen LogP contribution in [0, 0.1) is 11.6 Å². The molecule has 1 rings (SSSR count). The number of benzene rings is 1. The van der Waals surface area contributed by atoms with Crippen LogP contribution in [0.1, 0.15) is 23.7 Å². The summed E-state index contributed by atoms with van der Waals surface area (Å²) < 4.78 is 26.0. The predicted molar refractivity (Wildman–Crippen MR) is 58.6 cm³/mol. The zero-order chi connectivity index (χ0) is 12.1. The second kappa shape index (κ2) is 5.80. The third kappa shape index (κ3) is 3.17. The number of rotatable bonds is 4. The first-order valence-electron chi connectivity index (χ1n) is 4.92. The van der Waals surface area contributed by atoms with Gasteiger partial charge in [0, 0.05) is 6.54 Å². The molecule has 0 aliphatic rings. The minimum atomic E-state index is -1.14. The standard InChI is InChI=1S/C11H12ClF2NO/c1-2-7(12)6-15-11(16)8-4-3-5-9(13)10(8)14/h3-5,7H,2,6H2,1H3,(H,15,16). The summed E-state index contributed by atoms with van der Waals surface area (Å²) in [6.45, 7) is 2.10. The second-order valence-electron chi connectivity index (χ2n) is 3.32. The summed E-state index contributed by atoms with van der Waals surface area (Å²) in [5.74, 6) is -2.83. The Labute approximate surface area is 97.6 Å². The maximum absolute atomic E-state index is 13.2. The lowest BCUT2D eigenvalue weighted by Gasteiger charge is -2.09. The smallest absolute Gasteiger partial charge is 0.254 e. The quantitative estimate of drug-likeness (QED) is 0.815. The number of alkyl halides is 1. The first kappa shape index (κ1) is 12.9. The van der Waals surface area contributed by atoms with Crippen LogP contribution in [0.5, 0.6) is 0 Å². The number of carbonyl (C=O) groups is 1. The van der Waals surface area contributed by atoms with Crippen molar-refractivity contribution in [2.24, 2.45) is 0 Å². The molecule has 1 atom stereocenters. The molecule has 0 spiro atoms. The summed E-state index contributed by atoms with van der Waals surface area (Å²) in [5.41, 5.74) is -0.306. The molecule has 1 aromatic rings. The number of amides is 1. The van der Waals surface area contributed by atoms with E-state index in [4.69, 9.17) is 11.6 Å². The Hall–Kier alpha value is -1.16. The number of hydrogen-bond donors (Lipinski definition) is 1. The van der Waals surface area contributed by atoms with Crippen LogP contribution in [-0.2, 0) is 0 Å². The normalized spacial score (nSPS) is 12.2. The molecule has 0 saturated carbocycles. The van der Waals surface area contributed by atoms with Crippen molar-refractivity contribution in [2.45, 2.75) is 18.7 Å².